The van der Waals surface area contributed by atoms with Gasteiger partial charge in [0.05, 0.1) is 22.3 Å². The van der Waals surface area contributed by atoms with Crippen molar-refractivity contribution >= 4 is 11.0 Å². The maximum atomic E-state index is 11.8. The number of para-hydroxylation sites is 1. The Labute approximate surface area is 365 Å². The molecule has 8 rings (SSSR count). The lowest BCUT2D eigenvalue weighted by atomic mass is 9.83. The van der Waals surface area contributed by atoms with Crippen LogP contribution in [0.2, 0.25) is 0 Å². The Hall–Kier alpha value is -6.26. The summed E-state index contributed by atoms with van der Waals surface area (Å²) in [6.07, 6.45) is 1.61. The molecule has 0 fully saturated rings. The number of phenolic OH excluding ortho intramolecular Hbond substituents is 1. The van der Waals surface area contributed by atoms with Crippen LogP contribution in [0.15, 0.2) is 134 Å². The minimum Gasteiger partial charge on any atom is -0.507 e. The summed E-state index contributed by atoms with van der Waals surface area (Å²) < 4.78 is 127. The summed E-state index contributed by atoms with van der Waals surface area (Å²) in [7, 11) is 0. The fourth-order valence-corrected chi connectivity index (χ4v) is 7.55. The summed E-state index contributed by atoms with van der Waals surface area (Å²) in [6.45, 7) is -5.98. The summed E-state index contributed by atoms with van der Waals surface area (Å²) in [4.78, 5) is 10.1. The lowest BCUT2D eigenvalue weighted by molar-refractivity contribution is 0.472. The number of aryl methyl sites for hydroxylation is 3. The molecule has 6 aromatic carbocycles. The number of benzene rings is 6. The van der Waals surface area contributed by atoms with Crippen LogP contribution in [0, 0.1) is 27.6 Å². The first-order chi connectivity index (χ1) is 33.7. The molecular weight excluding hydrogens is 707 g/mol. The van der Waals surface area contributed by atoms with E-state index in [1.807, 2.05) is 49.4 Å². The number of nitrogens with zero attached hydrogens (tertiary/aromatic N) is 3. The lowest BCUT2D eigenvalue weighted by Crippen LogP contribution is -2.11. The van der Waals surface area contributed by atoms with Crippen molar-refractivity contribution in [2.75, 3.05) is 0 Å². The summed E-state index contributed by atoms with van der Waals surface area (Å²) in [5.41, 5.74) is 4.11. The van der Waals surface area contributed by atoms with Crippen LogP contribution in [0.1, 0.15) is 95.3 Å². The topological polar surface area (TPSA) is 50.9 Å². The van der Waals surface area contributed by atoms with Gasteiger partial charge in [-0.25, -0.2) is 4.98 Å². The molecule has 1 N–H and O–H groups in total. The van der Waals surface area contributed by atoms with Gasteiger partial charge in [-0.2, -0.15) is 0 Å². The van der Waals surface area contributed by atoms with Gasteiger partial charge in [0.25, 0.3) is 0 Å². The van der Waals surface area contributed by atoms with E-state index in [4.69, 9.17) is 30.5 Å². The SMILES string of the molecule is [2H]C([2H])([2H])c1cc(-n2c(-c3cc(C)cc(C)c3O)nc3c(-c4cc(-c5cc(-c6ccc(C(C([2H])([2H])[2H])(C([2H])([2H])[2H])C([2H])([2H])[2H])cc6)ccn5)cc(C(C)(C)C)c4)cccc32)cc(-c2ccccc2)c1C([2H])([2H])[2H]. The second-order valence-electron chi connectivity index (χ2n) is 16.0. The van der Waals surface area contributed by atoms with Gasteiger partial charge in [0.15, 0.2) is 0 Å². The number of fused-ring (bicyclic) bond motifs is 1. The van der Waals surface area contributed by atoms with Gasteiger partial charge in [0.2, 0.25) is 0 Å². The van der Waals surface area contributed by atoms with Crippen LogP contribution in [0.3, 0.4) is 0 Å². The van der Waals surface area contributed by atoms with Crippen LogP contribution >= 0.6 is 0 Å². The smallest absolute Gasteiger partial charge is 0.149 e. The second kappa shape index (κ2) is 14.6. The van der Waals surface area contributed by atoms with Gasteiger partial charge < -0.3 is 5.11 Å². The van der Waals surface area contributed by atoms with Crippen LogP contribution in [0.4, 0.5) is 0 Å². The number of phenols is 1. The summed E-state index contributed by atoms with van der Waals surface area (Å²) in [6, 6.07) is 36.2. The van der Waals surface area contributed by atoms with Crippen molar-refractivity contribution in [1.82, 2.24) is 14.5 Å². The summed E-state index contributed by atoms with van der Waals surface area (Å²) in [5, 5.41) is 11.8. The lowest BCUT2D eigenvalue weighted by Gasteiger charge is -2.22. The molecule has 8 aromatic rings. The Bertz CT molecular complexity index is 3360. The average molecular weight is 775 g/mol. The van der Waals surface area contributed by atoms with Gasteiger partial charge in [-0.05, 0) is 148 Å². The van der Waals surface area contributed by atoms with Crippen molar-refractivity contribution in [2.45, 2.75) is 79.7 Å². The van der Waals surface area contributed by atoms with Crippen LogP contribution in [0.5, 0.6) is 5.75 Å². The molecule has 4 heteroatoms. The van der Waals surface area contributed by atoms with Crippen molar-refractivity contribution in [3.8, 4) is 67.5 Å². The van der Waals surface area contributed by atoms with Crippen molar-refractivity contribution in [2.24, 2.45) is 0 Å². The van der Waals surface area contributed by atoms with Gasteiger partial charge in [-0.15, -0.1) is 0 Å². The number of aromatic nitrogens is 3. The van der Waals surface area contributed by atoms with E-state index >= 15 is 0 Å². The molecule has 0 atom stereocenters. The van der Waals surface area contributed by atoms with E-state index < -0.39 is 45.1 Å². The number of hydrogen-bond acceptors (Lipinski definition) is 3. The third-order valence-corrected chi connectivity index (χ3v) is 10.7. The highest BCUT2D eigenvalue weighted by molar-refractivity contribution is 5.97. The minimum absolute atomic E-state index is 0.0362. The van der Waals surface area contributed by atoms with E-state index in [1.165, 1.54) is 30.3 Å². The molecule has 0 saturated heterocycles. The minimum atomic E-state index is -3.40. The number of imidazole rings is 1. The highest BCUT2D eigenvalue weighted by Gasteiger charge is 2.24. The number of aromatic hydroxyl groups is 1. The average Bonchev–Trinajstić information content (AvgIpc) is 3.68. The highest BCUT2D eigenvalue weighted by atomic mass is 16.3. The first kappa shape index (κ1) is 24.5. The summed E-state index contributed by atoms with van der Waals surface area (Å²) in [5.74, 6) is 0.247. The first-order valence-electron chi connectivity index (χ1n) is 26.5. The quantitative estimate of drug-likeness (QED) is 0.183. The highest BCUT2D eigenvalue weighted by Crippen LogP contribution is 2.42. The Balaban J connectivity index is 1.36. The van der Waals surface area contributed by atoms with Crippen LogP contribution < -0.4 is 0 Å². The molecule has 0 aliphatic carbocycles. The molecule has 4 nitrogen and oxygen atoms in total. The fourth-order valence-electron chi connectivity index (χ4n) is 7.55. The summed E-state index contributed by atoms with van der Waals surface area (Å²) >= 11 is 0. The number of hydrogen-bond donors (Lipinski definition) is 1. The predicted molar refractivity (Wildman–Crippen MR) is 244 cm³/mol. The zero-order valence-electron chi connectivity index (χ0n) is 48.0. The van der Waals surface area contributed by atoms with Gasteiger partial charge in [0.1, 0.15) is 11.6 Å². The second-order valence-corrected chi connectivity index (χ2v) is 16.0. The molecule has 58 heavy (non-hydrogen) atoms. The van der Waals surface area contributed by atoms with E-state index in [0.29, 0.717) is 61.4 Å². The van der Waals surface area contributed by atoms with Crippen molar-refractivity contribution < 1.29 is 25.7 Å². The molecule has 0 aliphatic rings. The van der Waals surface area contributed by atoms with E-state index in [0.717, 1.165) is 16.7 Å². The maximum absolute atomic E-state index is 11.8. The standard InChI is InChI=1S/C54H53N3O/c1-33-25-35(3)51(58)47(26-33)52-56-50-45(17-14-18-49(50)57(52)44-27-34(2)36(4)46(32-44)38-15-12-11-13-16-38)40-28-41(30-43(29-40)54(8,9)10)48-31-39(23-24-55-48)37-19-21-42(22-20-37)53(5,6)7/h11-32,58H,1-10H3/i2D3,4D3,5D3,6D3,7D3. The largest absolute Gasteiger partial charge is 0.507 e. The van der Waals surface area contributed by atoms with Crippen LogP contribution in [-0.2, 0) is 10.8 Å². The molecular formula is C54H53N3O. The fraction of sp³-hybridized carbons (Fsp3) is 0.222. The molecule has 0 radical (unpaired) electrons. The van der Waals surface area contributed by atoms with Crippen molar-refractivity contribution in [1.29, 1.82) is 0 Å². The van der Waals surface area contributed by atoms with Gasteiger partial charge >= 0.3 is 0 Å². The number of pyridine rings is 1. The maximum Gasteiger partial charge on any atom is 0.149 e. The predicted octanol–water partition coefficient (Wildman–Crippen LogP) is 14.3. The first-order valence-corrected chi connectivity index (χ1v) is 19.0. The van der Waals surface area contributed by atoms with E-state index in [2.05, 4.69) is 26.8 Å². The monoisotopic (exact) mass is 775 g/mol. The van der Waals surface area contributed by atoms with Gasteiger partial charge in [-0.3, -0.25) is 9.55 Å². The van der Waals surface area contributed by atoms with E-state index in [9.17, 15) is 5.11 Å². The molecule has 0 spiro atoms. The molecule has 290 valence electrons. The van der Waals surface area contributed by atoms with Crippen molar-refractivity contribution in [3.05, 3.63) is 167 Å². The zero-order valence-corrected chi connectivity index (χ0v) is 33.0. The van der Waals surface area contributed by atoms with Crippen LogP contribution in [-0.4, -0.2) is 19.6 Å². The Kier molecular flexibility index (Phi) is 6.16. The molecule has 2 aromatic heterocycles. The molecule has 2 heterocycles. The third-order valence-electron chi connectivity index (χ3n) is 10.7. The Morgan fingerprint density at radius 1 is 0.586 bits per heavy atom. The van der Waals surface area contributed by atoms with E-state index in [-0.39, 0.29) is 33.8 Å². The Morgan fingerprint density at radius 2 is 1.36 bits per heavy atom. The third kappa shape index (κ3) is 7.24. The van der Waals surface area contributed by atoms with Crippen LogP contribution in [0.25, 0.3) is 72.7 Å². The molecule has 0 saturated carbocycles. The Morgan fingerprint density at radius 3 is 2.09 bits per heavy atom. The normalized spacial score (nSPS) is 16.9. The van der Waals surface area contributed by atoms with Gasteiger partial charge in [-0.1, -0.05) is 120 Å². The number of rotatable bonds is 6. The van der Waals surface area contributed by atoms with Crippen molar-refractivity contribution in [3.63, 3.8) is 0 Å². The molecule has 0 bridgehead atoms. The molecule has 0 aliphatic heterocycles. The molecule has 0 unspecified atom stereocenters. The van der Waals surface area contributed by atoms with Gasteiger partial charge in [0, 0.05) is 43.6 Å². The zero-order chi connectivity index (χ0) is 53.6. The molecule has 0 amide bonds. The van der Waals surface area contributed by atoms with E-state index in [1.54, 1.807) is 66.2 Å².